The van der Waals surface area contributed by atoms with Gasteiger partial charge < -0.3 is 9.32 Å². The molecule has 1 aliphatic heterocycles. The van der Waals surface area contributed by atoms with Crippen molar-refractivity contribution in [3.05, 3.63) is 30.0 Å². The Morgan fingerprint density at radius 3 is 2.59 bits per heavy atom. The fourth-order valence-corrected chi connectivity index (χ4v) is 3.00. The molecule has 0 aliphatic carbocycles. The molecule has 6 heteroatoms. The molecule has 0 radical (unpaired) electrons. The Hall–Kier alpha value is -2.63. The lowest BCUT2D eigenvalue weighted by Crippen LogP contribution is -2.29. The first-order valence-electron chi connectivity index (χ1n) is 7.42. The number of hydrogen-bond acceptors (Lipinski definition) is 6. The number of hydrogen-bond donors (Lipinski definition) is 0. The maximum absolute atomic E-state index is 10.8. The van der Waals surface area contributed by atoms with Crippen LogP contribution < -0.4 is 4.90 Å². The molecular formula is C16H15N3O3. The number of carbonyl (C=O) groups is 1. The molecule has 6 nitrogen and oxygen atoms in total. The highest BCUT2D eigenvalue weighted by atomic mass is 16.6. The van der Waals surface area contributed by atoms with Crippen LogP contribution >= 0.6 is 0 Å². The van der Waals surface area contributed by atoms with Gasteiger partial charge in [-0.15, -0.1) is 0 Å². The van der Waals surface area contributed by atoms with E-state index in [0.29, 0.717) is 23.3 Å². The van der Waals surface area contributed by atoms with E-state index in [4.69, 9.17) is 9.05 Å². The Morgan fingerprint density at radius 1 is 1.00 bits per heavy atom. The van der Waals surface area contributed by atoms with Crippen molar-refractivity contribution in [2.24, 2.45) is 0 Å². The second-order valence-electron chi connectivity index (χ2n) is 5.46. The smallest absolute Gasteiger partial charge is 0.185 e. The number of aldehydes is 1. The van der Waals surface area contributed by atoms with Crippen molar-refractivity contribution in [1.29, 1.82) is 0 Å². The van der Waals surface area contributed by atoms with Crippen molar-refractivity contribution in [2.45, 2.75) is 19.3 Å². The minimum atomic E-state index is 0.291. The average Bonchev–Trinajstić information content (AvgIpc) is 3.24. The Morgan fingerprint density at radius 2 is 1.82 bits per heavy atom. The van der Waals surface area contributed by atoms with E-state index in [1.54, 1.807) is 12.1 Å². The molecule has 112 valence electrons. The van der Waals surface area contributed by atoms with E-state index in [9.17, 15) is 4.79 Å². The van der Waals surface area contributed by atoms with E-state index in [0.717, 1.165) is 29.9 Å². The van der Waals surface area contributed by atoms with Crippen molar-refractivity contribution >= 4 is 23.0 Å². The SMILES string of the molecule is O=Cc1ccc(-c2ccc(N3CCCCC3)c3nonc23)o1. The number of rotatable bonds is 3. The number of piperidine rings is 1. The summed E-state index contributed by atoms with van der Waals surface area (Å²) in [6.07, 6.45) is 4.34. The van der Waals surface area contributed by atoms with Crippen LogP contribution in [0, 0.1) is 0 Å². The standard InChI is InChI=1S/C16H15N3O3/c20-10-11-4-7-14(21-11)12-5-6-13(16-15(12)17-22-18-16)19-8-2-1-3-9-19/h4-7,10H,1-3,8-9H2. The third-order valence-corrected chi connectivity index (χ3v) is 4.10. The topological polar surface area (TPSA) is 72.4 Å². The fraction of sp³-hybridized carbons (Fsp3) is 0.312. The number of aromatic nitrogens is 2. The van der Waals surface area contributed by atoms with Gasteiger partial charge in [-0.25, -0.2) is 4.63 Å². The van der Waals surface area contributed by atoms with E-state index in [-0.39, 0.29) is 0 Å². The summed E-state index contributed by atoms with van der Waals surface area (Å²) >= 11 is 0. The molecule has 0 N–H and O–H groups in total. The Kier molecular flexibility index (Phi) is 3.14. The highest BCUT2D eigenvalue weighted by Crippen LogP contribution is 2.34. The van der Waals surface area contributed by atoms with E-state index >= 15 is 0 Å². The van der Waals surface area contributed by atoms with Gasteiger partial charge in [-0.2, -0.15) is 0 Å². The first-order valence-corrected chi connectivity index (χ1v) is 7.42. The normalized spacial score (nSPS) is 15.4. The summed E-state index contributed by atoms with van der Waals surface area (Å²) < 4.78 is 10.4. The van der Waals surface area contributed by atoms with Crippen LogP contribution in [0.25, 0.3) is 22.4 Å². The van der Waals surface area contributed by atoms with Gasteiger partial charge in [0.2, 0.25) is 0 Å². The third-order valence-electron chi connectivity index (χ3n) is 4.10. The van der Waals surface area contributed by atoms with Gasteiger partial charge in [-0.3, -0.25) is 4.79 Å². The second-order valence-corrected chi connectivity index (χ2v) is 5.46. The van der Waals surface area contributed by atoms with Gasteiger partial charge in [-0.05, 0) is 53.8 Å². The number of carbonyl (C=O) groups excluding carboxylic acids is 1. The summed E-state index contributed by atoms with van der Waals surface area (Å²) in [5, 5.41) is 8.09. The number of nitrogens with zero attached hydrogens (tertiary/aromatic N) is 3. The van der Waals surface area contributed by atoms with Crippen LogP contribution in [0.5, 0.6) is 0 Å². The maximum atomic E-state index is 10.8. The van der Waals surface area contributed by atoms with Crippen molar-refractivity contribution in [3.63, 3.8) is 0 Å². The van der Waals surface area contributed by atoms with Gasteiger partial charge in [-0.1, -0.05) is 0 Å². The van der Waals surface area contributed by atoms with Crippen molar-refractivity contribution in [2.75, 3.05) is 18.0 Å². The molecule has 4 rings (SSSR count). The minimum absolute atomic E-state index is 0.291. The molecule has 3 heterocycles. The molecule has 2 aromatic heterocycles. The molecule has 22 heavy (non-hydrogen) atoms. The van der Waals surface area contributed by atoms with Crippen molar-refractivity contribution in [3.8, 4) is 11.3 Å². The highest BCUT2D eigenvalue weighted by molar-refractivity contribution is 5.97. The quantitative estimate of drug-likeness (QED) is 0.691. The summed E-state index contributed by atoms with van der Waals surface area (Å²) in [5.74, 6) is 0.882. The van der Waals surface area contributed by atoms with Crippen LogP contribution in [0.2, 0.25) is 0 Å². The molecule has 1 aliphatic rings. The lowest BCUT2D eigenvalue weighted by atomic mass is 10.1. The van der Waals surface area contributed by atoms with E-state index < -0.39 is 0 Å². The Bertz CT molecular complexity index is 815. The van der Waals surface area contributed by atoms with E-state index in [1.165, 1.54) is 19.3 Å². The summed E-state index contributed by atoms with van der Waals surface area (Å²) in [7, 11) is 0. The van der Waals surface area contributed by atoms with Gasteiger partial charge in [0.15, 0.2) is 17.6 Å². The molecule has 1 saturated heterocycles. The zero-order chi connectivity index (χ0) is 14.9. The summed E-state index contributed by atoms with van der Waals surface area (Å²) in [5.41, 5.74) is 3.23. The van der Waals surface area contributed by atoms with Gasteiger partial charge in [0, 0.05) is 18.7 Å². The van der Waals surface area contributed by atoms with Gasteiger partial charge in [0.05, 0.1) is 5.69 Å². The van der Waals surface area contributed by atoms with Crippen LogP contribution in [0.3, 0.4) is 0 Å². The zero-order valence-electron chi connectivity index (χ0n) is 12.0. The summed E-state index contributed by atoms with van der Waals surface area (Å²) in [4.78, 5) is 13.1. The molecule has 1 aromatic carbocycles. The lowest BCUT2D eigenvalue weighted by molar-refractivity contribution is 0.110. The minimum Gasteiger partial charge on any atom is -0.453 e. The van der Waals surface area contributed by atoms with Crippen molar-refractivity contribution in [1.82, 2.24) is 10.3 Å². The van der Waals surface area contributed by atoms with Crippen LogP contribution in [0.4, 0.5) is 5.69 Å². The number of benzene rings is 1. The van der Waals surface area contributed by atoms with Gasteiger partial charge in [0.1, 0.15) is 11.3 Å². The second kappa shape index (κ2) is 5.29. The highest BCUT2D eigenvalue weighted by Gasteiger charge is 2.20. The first kappa shape index (κ1) is 13.1. The third kappa shape index (κ3) is 2.07. The monoisotopic (exact) mass is 297 g/mol. The van der Waals surface area contributed by atoms with Gasteiger partial charge >= 0.3 is 0 Å². The van der Waals surface area contributed by atoms with Crippen LogP contribution in [-0.2, 0) is 0 Å². The predicted molar refractivity (Wildman–Crippen MR) is 81.0 cm³/mol. The molecule has 1 fully saturated rings. The van der Waals surface area contributed by atoms with Crippen LogP contribution in [0.1, 0.15) is 29.8 Å². The number of anilines is 1. The van der Waals surface area contributed by atoms with Crippen LogP contribution in [-0.4, -0.2) is 29.7 Å². The molecule has 0 spiro atoms. The largest absolute Gasteiger partial charge is 0.453 e. The summed E-state index contributed by atoms with van der Waals surface area (Å²) in [6.45, 7) is 2.05. The molecule has 3 aromatic rings. The van der Waals surface area contributed by atoms with Crippen molar-refractivity contribution < 1.29 is 13.8 Å². The number of furan rings is 1. The van der Waals surface area contributed by atoms with Crippen LogP contribution in [0.15, 0.2) is 33.3 Å². The molecular weight excluding hydrogens is 282 g/mol. The van der Waals surface area contributed by atoms with E-state index in [2.05, 4.69) is 15.2 Å². The molecule has 0 unspecified atom stereocenters. The Balaban J connectivity index is 1.81. The fourth-order valence-electron chi connectivity index (χ4n) is 3.00. The molecule has 0 bridgehead atoms. The maximum Gasteiger partial charge on any atom is 0.185 e. The molecule has 0 amide bonds. The molecule has 0 atom stereocenters. The van der Waals surface area contributed by atoms with Gasteiger partial charge in [0.25, 0.3) is 0 Å². The average molecular weight is 297 g/mol. The molecule has 0 saturated carbocycles. The summed E-state index contributed by atoms with van der Waals surface area (Å²) in [6, 6.07) is 7.37. The van der Waals surface area contributed by atoms with E-state index in [1.807, 2.05) is 12.1 Å². The number of fused-ring (bicyclic) bond motifs is 1. The first-order chi connectivity index (χ1) is 10.9. The Labute approximate surface area is 126 Å². The predicted octanol–water partition coefficient (Wildman–Crippen LogP) is 3.29. The zero-order valence-corrected chi connectivity index (χ0v) is 12.0. The lowest BCUT2D eigenvalue weighted by Gasteiger charge is -2.28.